The molecule has 6 nitrogen and oxygen atoms in total. The first-order valence-corrected chi connectivity index (χ1v) is 9.76. The Kier molecular flexibility index (Phi) is 7.25. The highest BCUT2D eigenvalue weighted by atomic mass is 16.5. The van der Waals surface area contributed by atoms with Gasteiger partial charge in [0.15, 0.2) is 11.3 Å². The minimum Gasteiger partial charge on any atom is -0.490 e. The Morgan fingerprint density at radius 1 is 1.17 bits per heavy atom. The number of amides is 1. The van der Waals surface area contributed by atoms with Crippen molar-refractivity contribution in [2.24, 2.45) is 0 Å². The van der Waals surface area contributed by atoms with Crippen LogP contribution >= 0.6 is 0 Å². The summed E-state index contributed by atoms with van der Waals surface area (Å²) in [7, 11) is 0. The largest absolute Gasteiger partial charge is 0.490 e. The van der Waals surface area contributed by atoms with Gasteiger partial charge in [-0.25, -0.2) is 4.79 Å². The van der Waals surface area contributed by atoms with Crippen molar-refractivity contribution >= 4 is 16.9 Å². The fourth-order valence-corrected chi connectivity index (χ4v) is 3.14. The molecule has 0 aliphatic heterocycles. The van der Waals surface area contributed by atoms with Gasteiger partial charge in [0.25, 0.3) is 0 Å². The van der Waals surface area contributed by atoms with Crippen molar-refractivity contribution in [2.75, 3.05) is 19.7 Å². The van der Waals surface area contributed by atoms with Gasteiger partial charge in [0.05, 0.1) is 31.8 Å². The molecule has 6 heteroatoms. The molecule has 0 fully saturated rings. The lowest BCUT2D eigenvalue weighted by atomic mass is 10.1. The topological polar surface area (TPSA) is 71.8 Å². The maximum Gasteiger partial charge on any atom is 0.341 e. The summed E-state index contributed by atoms with van der Waals surface area (Å²) in [6.07, 6.45) is 5.24. The third kappa shape index (κ3) is 5.28. The van der Waals surface area contributed by atoms with E-state index >= 15 is 0 Å². The molecule has 30 heavy (non-hydrogen) atoms. The Morgan fingerprint density at radius 3 is 2.70 bits per heavy atom. The molecule has 0 aliphatic carbocycles. The Labute approximate surface area is 175 Å². The van der Waals surface area contributed by atoms with Gasteiger partial charge in [0.1, 0.15) is 0 Å². The Morgan fingerprint density at radius 2 is 1.97 bits per heavy atom. The van der Waals surface area contributed by atoms with E-state index in [1.165, 1.54) is 0 Å². The normalized spacial score (nSPS) is 10.5. The molecule has 1 amide bonds. The van der Waals surface area contributed by atoms with Crippen LogP contribution in [0.2, 0.25) is 0 Å². The van der Waals surface area contributed by atoms with Gasteiger partial charge in [-0.3, -0.25) is 10.1 Å². The molecule has 0 saturated carbocycles. The van der Waals surface area contributed by atoms with Gasteiger partial charge >= 0.3 is 5.63 Å². The Balaban J connectivity index is 1.90. The molecule has 3 aromatic rings. The standard InChI is InChI=1S/C24H24N2O4/c1-3-13-25-15-22(27)26(16-18-9-6-5-7-10-18)17-20-14-19-11-8-12-21(29-4-2)23(19)30-24(20)28/h1,5-12,14,25H,4,13,15-17H2,2H3. The van der Waals surface area contributed by atoms with Crippen LogP contribution in [0.1, 0.15) is 18.1 Å². The van der Waals surface area contributed by atoms with Gasteiger partial charge in [-0.2, -0.15) is 0 Å². The summed E-state index contributed by atoms with van der Waals surface area (Å²) in [5, 5.41) is 3.65. The third-order valence-electron chi connectivity index (χ3n) is 4.53. The van der Waals surface area contributed by atoms with E-state index in [-0.39, 0.29) is 19.0 Å². The molecule has 0 radical (unpaired) electrons. The molecular formula is C24H24N2O4. The fourth-order valence-electron chi connectivity index (χ4n) is 3.14. The number of benzene rings is 2. The van der Waals surface area contributed by atoms with Crippen LogP contribution in [-0.2, 0) is 17.9 Å². The summed E-state index contributed by atoms with van der Waals surface area (Å²) in [5.74, 6) is 2.81. The smallest absolute Gasteiger partial charge is 0.341 e. The summed E-state index contributed by atoms with van der Waals surface area (Å²) >= 11 is 0. The Bertz CT molecular complexity index is 1100. The predicted molar refractivity (Wildman–Crippen MR) is 116 cm³/mol. The molecule has 3 rings (SSSR count). The molecule has 0 bridgehead atoms. The second kappa shape index (κ2) is 10.3. The molecule has 1 heterocycles. The number of terminal acetylenes is 1. The van der Waals surface area contributed by atoms with E-state index in [2.05, 4.69) is 11.2 Å². The van der Waals surface area contributed by atoms with Gasteiger partial charge in [0.2, 0.25) is 5.91 Å². The van der Waals surface area contributed by atoms with Crippen molar-refractivity contribution in [1.29, 1.82) is 0 Å². The van der Waals surface area contributed by atoms with E-state index in [0.717, 1.165) is 10.9 Å². The summed E-state index contributed by atoms with van der Waals surface area (Å²) in [4.78, 5) is 27.1. The van der Waals surface area contributed by atoms with Crippen LogP contribution in [0.5, 0.6) is 5.75 Å². The number of para-hydroxylation sites is 1. The summed E-state index contributed by atoms with van der Waals surface area (Å²) in [5.41, 5.74) is 1.28. The van der Waals surface area contributed by atoms with Crippen LogP contribution in [0.15, 0.2) is 63.8 Å². The highest BCUT2D eigenvalue weighted by Crippen LogP contribution is 2.25. The lowest BCUT2D eigenvalue weighted by molar-refractivity contribution is -0.131. The summed E-state index contributed by atoms with van der Waals surface area (Å²) < 4.78 is 11.1. The minimum absolute atomic E-state index is 0.0877. The molecule has 0 unspecified atom stereocenters. The molecule has 2 aromatic carbocycles. The van der Waals surface area contributed by atoms with Crippen LogP contribution in [0.25, 0.3) is 11.0 Å². The van der Waals surface area contributed by atoms with Gasteiger partial charge < -0.3 is 14.1 Å². The van der Waals surface area contributed by atoms with Crippen LogP contribution in [0.4, 0.5) is 0 Å². The highest BCUT2D eigenvalue weighted by Gasteiger charge is 2.18. The quantitative estimate of drug-likeness (QED) is 0.337. The molecule has 0 aliphatic rings. The van der Waals surface area contributed by atoms with Crippen molar-refractivity contribution in [3.8, 4) is 18.1 Å². The number of hydrogen-bond acceptors (Lipinski definition) is 5. The maximum atomic E-state index is 12.8. The lowest BCUT2D eigenvalue weighted by Gasteiger charge is -2.23. The molecule has 0 atom stereocenters. The van der Waals surface area contributed by atoms with Crippen molar-refractivity contribution in [1.82, 2.24) is 10.2 Å². The minimum atomic E-state index is -0.489. The predicted octanol–water partition coefficient (Wildman–Crippen LogP) is 2.94. The highest BCUT2D eigenvalue weighted by molar-refractivity contribution is 5.83. The van der Waals surface area contributed by atoms with Gasteiger partial charge in [0, 0.05) is 11.9 Å². The van der Waals surface area contributed by atoms with Crippen LogP contribution in [0.3, 0.4) is 0 Å². The molecular weight excluding hydrogens is 380 g/mol. The van der Waals surface area contributed by atoms with Crippen molar-refractivity contribution in [3.05, 3.63) is 76.1 Å². The zero-order chi connectivity index (χ0) is 21.3. The SMILES string of the molecule is C#CCNCC(=O)N(Cc1ccccc1)Cc1cc2cccc(OCC)c2oc1=O. The van der Waals surface area contributed by atoms with Crippen LogP contribution in [0, 0.1) is 12.3 Å². The Hall–Kier alpha value is -3.56. The average molecular weight is 404 g/mol. The number of fused-ring (bicyclic) bond motifs is 1. The fraction of sp³-hybridized carbons (Fsp3) is 0.250. The number of ether oxygens (including phenoxy) is 1. The van der Waals surface area contributed by atoms with E-state index in [0.29, 0.717) is 36.6 Å². The first kappa shape index (κ1) is 21.2. The van der Waals surface area contributed by atoms with E-state index in [1.54, 1.807) is 17.0 Å². The second-order valence-corrected chi connectivity index (χ2v) is 6.71. The number of nitrogens with one attached hydrogen (secondary N) is 1. The molecule has 1 N–H and O–H groups in total. The van der Waals surface area contributed by atoms with Crippen molar-refractivity contribution < 1.29 is 13.9 Å². The molecule has 0 saturated heterocycles. The molecule has 0 spiro atoms. The maximum absolute atomic E-state index is 12.8. The number of hydrogen-bond donors (Lipinski definition) is 1. The average Bonchev–Trinajstić information content (AvgIpc) is 2.75. The molecule has 154 valence electrons. The second-order valence-electron chi connectivity index (χ2n) is 6.71. The summed E-state index contributed by atoms with van der Waals surface area (Å²) in [6.45, 7) is 3.21. The monoisotopic (exact) mass is 404 g/mol. The van der Waals surface area contributed by atoms with E-state index < -0.39 is 5.63 Å². The van der Waals surface area contributed by atoms with Gasteiger partial charge in [-0.1, -0.05) is 48.4 Å². The van der Waals surface area contributed by atoms with Crippen LogP contribution in [-0.4, -0.2) is 30.5 Å². The molecule has 1 aromatic heterocycles. The number of carbonyl (C=O) groups excluding carboxylic acids is 1. The van der Waals surface area contributed by atoms with Crippen LogP contribution < -0.4 is 15.7 Å². The third-order valence-corrected chi connectivity index (χ3v) is 4.53. The lowest BCUT2D eigenvalue weighted by Crippen LogP contribution is -2.38. The van der Waals surface area contributed by atoms with E-state index in [1.807, 2.05) is 49.4 Å². The number of carbonyl (C=O) groups is 1. The van der Waals surface area contributed by atoms with E-state index in [4.69, 9.17) is 15.6 Å². The zero-order valence-corrected chi connectivity index (χ0v) is 16.9. The first-order valence-electron chi connectivity index (χ1n) is 9.76. The summed E-state index contributed by atoms with van der Waals surface area (Å²) in [6, 6.07) is 16.8. The number of nitrogens with zero attached hydrogens (tertiary/aromatic N) is 1. The van der Waals surface area contributed by atoms with E-state index in [9.17, 15) is 9.59 Å². The zero-order valence-electron chi connectivity index (χ0n) is 16.9. The first-order chi connectivity index (χ1) is 14.6. The van der Waals surface area contributed by atoms with Gasteiger partial charge in [-0.15, -0.1) is 6.42 Å². The van der Waals surface area contributed by atoms with Crippen molar-refractivity contribution in [3.63, 3.8) is 0 Å². The van der Waals surface area contributed by atoms with Crippen molar-refractivity contribution in [2.45, 2.75) is 20.0 Å². The van der Waals surface area contributed by atoms with Gasteiger partial charge in [-0.05, 0) is 24.6 Å². The number of rotatable bonds is 9.